The van der Waals surface area contributed by atoms with Crippen molar-refractivity contribution in [3.8, 4) is 11.1 Å². The van der Waals surface area contributed by atoms with Gasteiger partial charge in [-0.15, -0.1) is 0 Å². The summed E-state index contributed by atoms with van der Waals surface area (Å²) >= 11 is 0. The first-order valence-corrected chi connectivity index (χ1v) is 15.1. The number of halogens is 2. The van der Waals surface area contributed by atoms with Gasteiger partial charge in [0.05, 0.1) is 11.2 Å². The van der Waals surface area contributed by atoms with Crippen molar-refractivity contribution in [1.82, 2.24) is 15.2 Å². The van der Waals surface area contributed by atoms with Gasteiger partial charge < -0.3 is 16.2 Å². The van der Waals surface area contributed by atoms with Crippen molar-refractivity contribution in [1.29, 1.82) is 0 Å². The van der Waals surface area contributed by atoms with Crippen molar-refractivity contribution >= 4 is 11.7 Å². The van der Waals surface area contributed by atoms with Crippen LogP contribution in [0.25, 0.3) is 11.1 Å². The van der Waals surface area contributed by atoms with Crippen LogP contribution in [0.4, 0.5) is 14.6 Å². The van der Waals surface area contributed by atoms with Crippen LogP contribution in [0.15, 0.2) is 36.5 Å². The van der Waals surface area contributed by atoms with Crippen LogP contribution in [0.3, 0.4) is 0 Å². The van der Waals surface area contributed by atoms with E-state index >= 15 is 0 Å². The van der Waals surface area contributed by atoms with Gasteiger partial charge >= 0.3 is 0 Å². The van der Waals surface area contributed by atoms with E-state index in [1.807, 2.05) is 6.07 Å². The van der Waals surface area contributed by atoms with Crippen LogP contribution in [-0.4, -0.2) is 57.1 Å². The standard InChI is InChI=1S/C32H40F2N4O2/c33-32(34)9-6-25(7-10-32)38-19-24-5-8-31(24,20-38)23-3-1-21(2-4-23)22-17-26(27(35)36-18-22)28(39)37-29-11-14-30(40,15-12-29)16-13-29/h1-4,17-18,24-25,40H,5-16,19-20H2,(H2,35,36)(H,37,39)/t24-,29?,30?,31+/m1/s1. The number of carbonyl (C=O) groups is 1. The molecule has 2 aromatic rings. The Morgan fingerprint density at radius 3 is 2.25 bits per heavy atom. The number of alkyl halides is 2. The van der Waals surface area contributed by atoms with Crippen LogP contribution in [0, 0.1) is 5.92 Å². The number of carbonyl (C=O) groups excluding carboxylic acids is 1. The molecule has 8 heteroatoms. The van der Waals surface area contributed by atoms with Gasteiger partial charge in [0.15, 0.2) is 0 Å². The number of pyridine rings is 1. The van der Waals surface area contributed by atoms with E-state index in [0.29, 0.717) is 24.3 Å². The lowest BCUT2D eigenvalue weighted by Crippen LogP contribution is -2.58. The van der Waals surface area contributed by atoms with E-state index in [1.54, 1.807) is 6.20 Å². The molecule has 0 spiro atoms. The molecule has 8 rings (SSSR count). The largest absolute Gasteiger partial charge is 0.390 e. The summed E-state index contributed by atoms with van der Waals surface area (Å²) in [4.78, 5) is 20.2. The predicted molar refractivity (Wildman–Crippen MR) is 150 cm³/mol. The number of anilines is 1. The Bertz CT molecular complexity index is 1280. The molecule has 2 atom stereocenters. The molecule has 214 valence electrons. The van der Waals surface area contributed by atoms with Crippen molar-refractivity contribution in [2.24, 2.45) is 5.92 Å². The van der Waals surface area contributed by atoms with E-state index in [4.69, 9.17) is 5.73 Å². The quantitative estimate of drug-likeness (QED) is 0.461. The third kappa shape index (κ3) is 4.42. The topological polar surface area (TPSA) is 91.5 Å². The third-order valence-corrected chi connectivity index (χ3v) is 11.4. The molecule has 2 heterocycles. The second-order valence-corrected chi connectivity index (χ2v) is 13.6. The summed E-state index contributed by atoms with van der Waals surface area (Å²) in [6.45, 7) is 1.97. The number of hydrogen-bond acceptors (Lipinski definition) is 5. The Labute approximate surface area is 234 Å². The average molecular weight is 551 g/mol. The highest BCUT2D eigenvalue weighted by atomic mass is 19.3. The molecule has 4 N–H and O–H groups in total. The van der Waals surface area contributed by atoms with Crippen molar-refractivity contribution in [3.05, 3.63) is 47.7 Å². The fraction of sp³-hybridized carbons (Fsp3) is 0.625. The molecular formula is C32H40F2N4O2. The highest BCUT2D eigenvalue weighted by Crippen LogP contribution is 2.55. The fourth-order valence-electron chi connectivity index (χ4n) is 8.49. The molecule has 0 radical (unpaired) electrons. The van der Waals surface area contributed by atoms with Crippen LogP contribution in [0.5, 0.6) is 0 Å². The second kappa shape index (κ2) is 9.21. The molecule has 2 bridgehead atoms. The zero-order valence-electron chi connectivity index (χ0n) is 23.1. The van der Waals surface area contributed by atoms with E-state index in [0.717, 1.165) is 69.2 Å². The molecule has 6 nitrogen and oxygen atoms in total. The molecule has 6 aliphatic rings. The summed E-state index contributed by atoms with van der Waals surface area (Å²) in [6.07, 6.45) is 9.83. The smallest absolute Gasteiger partial charge is 0.255 e. The van der Waals surface area contributed by atoms with Crippen molar-refractivity contribution in [2.45, 2.75) is 106 Å². The average Bonchev–Trinajstić information content (AvgIpc) is 3.20. The number of nitrogens with two attached hydrogens (primary N) is 1. The molecule has 1 aromatic carbocycles. The van der Waals surface area contributed by atoms with E-state index in [1.165, 1.54) is 12.0 Å². The first kappa shape index (κ1) is 26.3. The molecule has 5 aliphatic carbocycles. The number of nitrogens with zero attached hydrogens (tertiary/aromatic N) is 2. The van der Waals surface area contributed by atoms with Crippen molar-refractivity contribution < 1.29 is 18.7 Å². The molecule has 1 aliphatic heterocycles. The van der Waals surface area contributed by atoms with Gasteiger partial charge in [0, 0.05) is 54.7 Å². The van der Waals surface area contributed by atoms with Gasteiger partial charge in [-0.05, 0) is 87.3 Å². The zero-order valence-corrected chi connectivity index (χ0v) is 23.1. The molecule has 6 fully saturated rings. The number of fused-ring (bicyclic) bond motifs is 4. The SMILES string of the molecule is Nc1ncc(-c2ccc([C@@]34CC[C@@H]3CN(C3CCC(F)(F)CC3)C4)cc2)cc1C(=O)NC12CCC(O)(CC1)CC2. The van der Waals surface area contributed by atoms with Gasteiger partial charge in [-0.1, -0.05) is 24.3 Å². The van der Waals surface area contributed by atoms with Crippen LogP contribution >= 0.6 is 0 Å². The lowest BCUT2D eigenvalue weighted by Gasteiger charge is -2.51. The molecule has 1 aromatic heterocycles. The number of hydrogen-bond donors (Lipinski definition) is 3. The maximum absolute atomic E-state index is 13.7. The summed E-state index contributed by atoms with van der Waals surface area (Å²) < 4.78 is 27.5. The highest BCUT2D eigenvalue weighted by Gasteiger charge is 2.55. The maximum Gasteiger partial charge on any atom is 0.255 e. The number of benzene rings is 1. The number of amides is 1. The van der Waals surface area contributed by atoms with E-state index in [2.05, 4.69) is 39.5 Å². The molecule has 1 saturated heterocycles. The lowest BCUT2D eigenvalue weighted by atomic mass is 9.58. The Kier molecular flexibility index (Phi) is 6.06. The van der Waals surface area contributed by atoms with Gasteiger partial charge in [-0.25, -0.2) is 13.8 Å². The Balaban J connectivity index is 1.06. The number of nitrogens with one attached hydrogen (secondary N) is 1. The Morgan fingerprint density at radius 1 is 0.950 bits per heavy atom. The van der Waals surface area contributed by atoms with Crippen LogP contribution in [0.1, 0.15) is 93.0 Å². The minimum absolute atomic E-state index is 0.0144. The van der Waals surface area contributed by atoms with Crippen LogP contribution in [-0.2, 0) is 5.41 Å². The number of aromatic nitrogens is 1. The molecule has 1 amide bonds. The summed E-state index contributed by atoms with van der Waals surface area (Å²) in [7, 11) is 0. The fourth-order valence-corrected chi connectivity index (χ4v) is 8.49. The maximum atomic E-state index is 13.7. The predicted octanol–water partition coefficient (Wildman–Crippen LogP) is 5.44. The first-order valence-electron chi connectivity index (χ1n) is 15.1. The van der Waals surface area contributed by atoms with Crippen LogP contribution < -0.4 is 11.1 Å². The Morgan fingerprint density at radius 2 is 1.62 bits per heavy atom. The first-order chi connectivity index (χ1) is 19.1. The van der Waals surface area contributed by atoms with E-state index in [-0.39, 0.29) is 41.6 Å². The monoisotopic (exact) mass is 550 g/mol. The molecular weight excluding hydrogens is 510 g/mol. The number of rotatable bonds is 5. The normalized spacial score (nSPS) is 35.2. The van der Waals surface area contributed by atoms with E-state index in [9.17, 15) is 18.7 Å². The molecule has 5 saturated carbocycles. The Hall–Kier alpha value is -2.58. The summed E-state index contributed by atoms with van der Waals surface area (Å²) in [5.41, 5.74) is 9.02. The molecule has 40 heavy (non-hydrogen) atoms. The van der Waals surface area contributed by atoms with Gasteiger partial charge in [-0.3, -0.25) is 9.69 Å². The lowest BCUT2D eigenvalue weighted by molar-refractivity contribution is -0.0702. The van der Waals surface area contributed by atoms with Gasteiger partial charge in [0.2, 0.25) is 5.92 Å². The number of nitrogen functional groups attached to an aromatic ring is 1. The van der Waals surface area contributed by atoms with Gasteiger partial charge in [-0.2, -0.15) is 0 Å². The minimum atomic E-state index is -2.49. The van der Waals surface area contributed by atoms with Crippen LogP contribution in [0.2, 0.25) is 0 Å². The second-order valence-electron chi connectivity index (χ2n) is 13.6. The summed E-state index contributed by atoms with van der Waals surface area (Å²) in [5.74, 6) is -1.87. The number of aliphatic hydroxyl groups is 1. The van der Waals surface area contributed by atoms with E-state index < -0.39 is 11.5 Å². The third-order valence-electron chi connectivity index (χ3n) is 11.4. The number of likely N-dealkylation sites (tertiary alicyclic amines) is 1. The van der Waals surface area contributed by atoms with Crippen molar-refractivity contribution in [3.63, 3.8) is 0 Å². The van der Waals surface area contributed by atoms with Gasteiger partial charge in [0.1, 0.15) is 5.82 Å². The minimum Gasteiger partial charge on any atom is -0.390 e. The highest BCUT2D eigenvalue weighted by molar-refractivity contribution is 5.99. The van der Waals surface area contributed by atoms with Gasteiger partial charge in [0.25, 0.3) is 5.91 Å². The molecule has 0 unspecified atom stereocenters. The summed E-state index contributed by atoms with van der Waals surface area (Å²) in [5, 5.41) is 13.8. The zero-order chi connectivity index (χ0) is 27.8. The summed E-state index contributed by atoms with van der Waals surface area (Å²) in [6, 6.07) is 10.8. The van der Waals surface area contributed by atoms with Crippen molar-refractivity contribution in [2.75, 3.05) is 18.8 Å².